The van der Waals surface area contributed by atoms with E-state index in [1.54, 1.807) is 4.90 Å². The summed E-state index contributed by atoms with van der Waals surface area (Å²) in [6.07, 6.45) is 5.75. The number of nitrogens with zero attached hydrogens (tertiary/aromatic N) is 1. The van der Waals surface area contributed by atoms with Crippen molar-refractivity contribution in [1.29, 1.82) is 0 Å². The van der Waals surface area contributed by atoms with Gasteiger partial charge in [0.15, 0.2) is 6.61 Å². The Morgan fingerprint density at radius 2 is 2.38 bits per heavy atom. The smallest absolute Gasteiger partial charge is 0.265 e. The van der Waals surface area contributed by atoms with Gasteiger partial charge in [-0.15, -0.1) is 12.3 Å². The summed E-state index contributed by atoms with van der Waals surface area (Å²) in [5, 5.41) is 0. The van der Waals surface area contributed by atoms with Gasteiger partial charge < -0.3 is 9.64 Å². The molecule has 1 aliphatic rings. The number of rotatable bonds is 2. The quantitative estimate of drug-likeness (QED) is 0.777. The predicted molar refractivity (Wildman–Crippen MR) is 65.4 cm³/mol. The Balaban J connectivity index is 2.35. The highest BCUT2D eigenvalue weighted by molar-refractivity contribution is 9.10. The Morgan fingerprint density at radius 1 is 1.56 bits per heavy atom. The maximum Gasteiger partial charge on any atom is 0.265 e. The Labute approximate surface area is 103 Å². The van der Waals surface area contributed by atoms with E-state index in [4.69, 9.17) is 11.2 Å². The van der Waals surface area contributed by atoms with Crippen LogP contribution in [0.3, 0.4) is 0 Å². The molecule has 0 aliphatic carbocycles. The highest BCUT2D eigenvalue weighted by Gasteiger charge is 2.24. The molecule has 0 radical (unpaired) electrons. The van der Waals surface area contributed by atoms with E-state index < -0.39 is 0 Å². The van der Waals surface area contributed by atoms with Crippen LogP contribution in [-0.4, -0.2) is 19.1 Å². The number of benzene rings is 1. The maximum atomic E-state index is 11.7. The number of carbonyl (C=O) groups excluding carboxylic acids is 1. The van der Waals surface area contributed by atoms with Crippen LogP contribution in [0, 0.1) is 12.3 Å². The minimum atomic E-state index is -0.0548. The van der Waals surface area contributed by atoms with Crippen LogP contribution in [0.5, 0.6) is 5.75 Å². The minimum absolute atomic E-state index is 0.0548. The van der Waals surface area contributed by atoms with Crippen molar-refractivity contribution >= 4 is 27.5 Å². The van der Waals surface area contributed by atoms with E-state index >= 15 is 0 Å². The van der Waals surface area contributed by atoms with E-state index in [1.165, 1.54) is 0 Å². The van der Waals surface area contributed by atoms with Crippen molar-refractivity contribution in [3.05, 3.63) is 22.7 Å². The van der Waals surface area contributed by atoms with E-state index in [9.17, 15) is 4.79 Å². The molecule has 3 nitrogen and oxygen atoms in total. The van der Waals surface area contributed by atoms with Crippen LogP contribution >= 0.6 is 15.9 Å². The van der Waals surface area contributed by atoms with Gasteiger partial charge in [-0.05, 0) is 18.2 Å². The molecule has 1 aliphatic heterocycles. The van der Waals surface area contributed by atoms with Gasteiger partial charge >= 0.3 is 0 Å². The molecule has 0 bridgehead atoms. The number of amides is 1. The normalized spacial score (nSPS) is 14.0. The first-order valence-corrected chi connectivity index (χ1v) is 5.68. The van der Waals surface area contributed by atoms with Gasteiger partial charge in [0, 0.05) is 17.4 Å². The zero-order valence-electron chi connectivity index (χ0n) is 8.57. The van der Waals surface area contributed by atoms with E-state index in [1.807, 2.05) is 18.2 Å². The van der Waals surface area contributed by atoms with Crippen molar-refractivity contribution in [3.63, 3.8) is 0 Å². The lowest BCUT2D eigenvalue weighted by Crippen LogP contribution is -2.39. The van der Waals surface area contributed by atoms with Crippen LogP contribution in [0.4, 0.5) is 5.69 Å². The third kappa shape index (κ3) is 2.05. The third-order valence-corrected chi connectivity index (χ3v) is 2.84. The van der Waals surface area contributed by atoms with Crippen molar-refractivity contribution in [1.82, 2.24) is 0 Å². The first-order chi connectivity index (χ1) is 7.72. The highest BCUT2D eigenvalue weighted by atomic mass is 79.9. The molecule has 0 aromatic heterocycles. The van der Waals surface area contributed by atoms with Crippen LogP contribution in [0.2, 0.25) is 0 Å². The Kier molecular flexibility index (Phi) is 3.16. The molecule has 0 saturated carbocycles. The number of ether oxygens (including phenoxy) is 1. The predicted octanol–water partition coefficient (Wildman–Crippen LogP) is 2.20. The summed E-state index contributed by atoms with van der Waals surface area (Å²) in [5.74, 6) is 3.20. The van der Waals surface area contributed by atoms with Crippen molar-refractivity contribution in [2.45, 2.75) is 6.42 Å². The molecular weight excluding hydrogens is 270 g/mol. The molecule has 1 aromatic rings. The maximum absolute atomic E-state index is 11.7. The second-order valence-corrected chi connectivity index (χ2v) is 4.32. The largest absolute Gasteiger partial charge is 0.482 e. The topological polar surface area (TPSA) is 29.5 Å². The molecule has 1 heterocycles. The van der Waals surface area contributed by atoms with Gasteiger partial charge in [0.05, 0.1) is 5.69 Å². The fourth-order valence-electron chi connectivity index (χ4n) is 1.60. The number of fused-ring (bicyclic) bond motifs is 1. The molecule has 0 fully saturated rings. The molecule has 82 valence electrons. The van der Waals surface area contributed by atoms with E-state index in [2.05, 4.69) is 21.9 Å². The average molecular weight is 280 g/mol. The number of hydrogen-bond donors (Lipinski definition) is 0. The van der Waals surface area contributed by atoms with Crippen molar-refractivity contribution in [2.75, 3.05) is 18.1 Å². The lowest BCUT2D eigenvalue weighted by atomic mass is 10.2. The van der Waals surface area contributed by atoms with Crippen molar-refractivity contribution in [3.8, 4) is 18.1 Å². The molecule has 0 saturated heterocycles. The van der Waals surface area contributed by atoms with Gasteiger partial charge in [0.1, 0.15) is 5.75 Å². The van der Waals surface area contributed by atoms with Crippen molar-refractivity contribution < 1.29 is 9.53 Å². The minimum Gasteiger partial charge on any atom is -0.482 e. The van der Waals surface area contributed by atoms with Gasteiger partial charge in [0.25, 0.3) is 5.91 Å². The Hall–Kier alpha value is -1.47. The highest BCUT2D eigenvalue weighted by Crippen LogP contribution is 2.34. The monoisotopic (exact) mass is 279 g/mol. The zero-order valence-corrected chi connectivity index (χ0v) is 10.2. The summed E-state index contributed by atoms with van der Waals surface area (Å²) in [6.45, 7) is 0.612. The summed E-state index contributed by atoms with van der Waals surface area (Å²) < 4.78 is 6.25. The molecule has 16 heavy (non-hydrogen) atoms. The van der Waals surface area contributed by atoms with E-state index in [-0.39, 0.29) is 12.5 Å². The van der Waals surface area contributed by atoms with Crippen LogP contribution in [0.15, 0.2) is 22.7 Å². The molecular formula is C12H10BrNO2. The number of terminal acetylenes is 1. The molecule has 1 amide bonds. The van der Waals surface area contributed by atoms with Crippen LogP contribution in [0.1, 0.15) is 6.42 Å². The Bertz CT molecular complexity index is 465. The van der Waals surface area contributed by atoms with Crippen LogP contribution < -0.4 is 9.64 Å². The fourth-order valence-corrected chi connectivity index (χ4v) is 1.95. The summed E-state index contributed by atoms with van der Waals surface area (Å²) in [4.78, 5) is 13.4. The molecule has 0 spiro atoms. The summed E-state index contributed by atoms with van der Waals surface area (Å²) in [6, 6.07) is 5.59. The Morgan fingerprint density at radius 3 is 3.12 bits per heavy atom. The van der Waals surface area contributed by atoms with Crippen LogP contribution in [-0.2, 0) is 4.79 Å². The summed E-state index contributed by atoms with van der Waals surface area (Å²) >= 11 is 3.37. The molecule has 2 rings (SSSR count). The van der Waals surface area contributed by atoms with E-state index in [0.717, 1.165) is 15.9 Å². The number of carbonyl (C=O) groups is 1. The lowest BCUT2D eigenvalue weighted by molar-refractivity contribution is -0.121. The van der Waals surface area contributed by atoms with Gasteiger partial charge in [-0.1, -0.05) is 15.9 Å². The van der Waals surface area contributed by atoms with Gasteiger partial charge in [0.2, 0.25) is 0 Å². The second kappa shape index (κ2) is 4.58. The van der Waals surface area contributed by atoms with Gasteiger partial charge in [-0.3, -0.25) is 4.79 Å². The first-order valence-electron chi connectivity index (χ1n) is 4.88. The van der Waals surface area contributed by atoms with Crippen molar-refractivity contribution in [2.24, 2.45) is 0 Å². The SMILES string of the molecule is C#CCCN1C(=O)COc2ccc(Br)cc21. The molecule has 0 unspecified atom stereocenters. The second-order valence-electron chi connectivity index (χ2n) is 3.40. The zero-order chi connectivity index (χ0) is 11.5. The lowest BCUT2D eigenvalue weighted by Gasteiger charge is -2.29. The molecule has 0 atom stereocenters. The molecule has 1 aromatic carbocycles. The third-order valence-electron chi connectivity index (χ3n) is 2.34. The van der Waals surface area contributed by atoms with E-state index in [0.29, 0.717) is 13.0 Å². The molecule has 0 N–H and O–H groups in total. The number of hydrogen-bond acceptors (Lipinski definition) is 2. The number of halogens is 1. The standard InChI is InChI=1S/C12H10BrNO2/c1-2-3-6-14-10-7-9(13)4-5-11(10)16-8-12(14)15/h1,4-5,7H,3,6,8H2. The number of anilines is 1. The average Bonchev–Trinajstić information content (AvgIpc) is 2.28. The first kappa shape index (κ1) is 11.0. The van der Waals surface area contributed by atoms with Gasteiger partial charge in [-0.2, -0.15) is 0 Å². The summed E-state index contributed by atoms with van der Waals surface area (Å²) in [7, 11) is 0. The van der Waals surface area contributed by atoms with Crippen LogP contribution in [0.25, 0.3) is 0 Å². The molecule has 4 heteroatoms. The summed E-state index contributed by atoms with van der Waals surface area (Å²) in [5.41, 5.74) is 0.779. The fraction of sp³-hybridized carbons (Fsp3) is 0.250. The van der Waals surface area contributed by atoms with Gasteiger partial charge in [-0.25, -0.2) is 0 Å².